The van der Waals surface area contributed by atoms with Crippen molar-refractivity contribution in [2.24, 2.45) is 0 Å². The van der Waals surface area contributed by atoms with E-state index < -0.39 is 0 Å². The smallest absolute Gasteiger partial charge is 0.257 e. The van der Waals surface area contributed by atoms with Crippen LogP contribution in [0.4, 0.5) is 0 Å². The molecule has 0 bridgehead atoms. The van der Waals surface area contributed by atoms with Crippen molar-refractivity contribution >= 4 is 11.6 Å². The van der Waals surface area contributed by atoms with E-state index in [4.69, 9.17) is 16.1 Å². The average molecular weight is 496 g/mol. The van der Waals surface area contributed by atoms with Crippen molar-refractivity contribution in [3.63, 3.8) is 0 Å². The molecule has 4 nitrogen and oxygen atoms in total. The number of rotatable bonds is 17. The SMILES string of the molecule is CCCCCCCCCCCc1noc(-c2ccc(CN(CC)CCc3cccc(Cl)c3)cc2)n1. The highest BCUT2D eigenvalue weighted by Crippen LogP contribution is 2.20. The lowest BCUT2D eigenvalue weighted by atomic mass is 10.1. The molecule has 0 aliphatic rings. The first-order valence-electron chi connectivity index (χ1n) is 13.6. The zero-order chi connectivity index (χ0) is 24.7. The monoisotopic (exact) mass is 495 g/mol. The molecule has 0 saturated carbocycles. The van der Waals surface area contributed by atoms with Crippen LogP contribution in [0.1, 0.15) is 88.6 Å². The van der Waals surface area contributed by atoms with E-state index in [1.54, 1.807) is 0 Å². The van der Waals surface area contributed by atoms with Crippen LogP contribution < -0.4 is 0 Å². The predicted molar refractivity (Wildman–Crippen MR) is 147 cm³/mol. The Balaban J connectivity index is 1.39. The highest BCUT2D eigenvalue weighted by Gasteiger charge is 2.10. The summed E-state index contributed by atoms with van der Waals surface area (Å²) in [6, 6.07) is 16.7. The molecule has 0 aliphatic carbocycles. The highest BCUT2D eigenvalue weighted by molar-refractivity contribution is 6.30. The Labute approximate surface area is 217 Å². The molecule has 5 heteroatoms. The number of nitrogens with zero attached hydrogens (tertiary/aromatic N) is 3. The molecule has 0 amide bonds. The molecule has 0 spiro atoms. The van der Waals surface area contributed by atoms with E-state index >= 15 is 0 Å². The third kappa shape index (κ3) is 10.1. The lowest BCUT2D eigenvalue weighted by Crippen LogP contribution is -2.25. The third-order valence-corrected chi connectivity index (χ3v) is 6.87. The maximum atomic E-state index is 6.12. The highest BCUT2D eigenvalue weighted by atomic mass is 35.5. The van der Waals surface area contributed by atoms with Crippen LogP contribution in [0.15, 0.2) is 53.1 Å². The van der Waals surface area contributed by atoms with Crippen LogP contribution in [-0.4, -0.2) is 28.1 Å². The fourth-order valence-corrected chi connectivity index (χ4v) is 4.62. The molecule has 190 valence electrons. The van der Waals surface area contributed by atoms with Crippen molar-refractivity contribution in [1.29, 1.82) is 0 Å². The largest absolute Gasteiger partial charge is 0.334 e. The number of halogens is 1. The van der Waals surface area contributed by atoms with E-state index in [9.17, 15) is 0 Å². The zero-order valence-corrected chi connectivity index (χ0v) is 22.4. The molecule has 0 atom stereocenters. The summed E-state index contributed by atoms with van der Waals surface area (Å²) in [4.78, 5) is 7.08. The van der Waals surface area contributed by atoms with Crippen molar-refractivity contribution in [3.05, 3.63) is 70.5 Å². The summed E-state index contributed by atoms with van der Waals surface area (Å²) in [6.07, 6.45) is 13.8. The molecule has 3 aromatic rings. The molecule has 1 heterocycles. The summed E-state index contributed by atoms with van der Waals surface area (Å²) in [5.74, 6) is 1.45. The fourth-order valence-electron chi connectivity index (χ4n) is 4.41. The third-order valence-electron chi connectivity index (χ3n) is 6.63. The van der Waals surface area contributed by atoms with Crippen LogP contribution in [0.3, 0.4) is 0 Å². The van der Waals surface area contributed by atoms with Gasteiger partial charge in [-0.25, -0.2) is 0 Å². The second-order valence-electron chi connectivity index (χ2n) is 9.54. The normalized spacial score (nSPS) is 11.4. The Morgan fingerprint density at radius 2 is 1.51 bits per heavy atom. The molecule has 0 aliphatic heterocycles. The van der Waals surface area contributed by atoms with Gasteiger partial charge in [0.05, 0.1) is 0 Å². The Morgan fingerprint density at radius 1 is 0.800 bits per heavy atom. The Bertz CT molecular complexity index is 970. The number of likely N-dealkylation sites (N-methyl/N-ethyl adjacent to an activating group) is 1. The lowest BCUT2D eigenvalue weighted by Gasteiger charge is -2.20. The van der Waals surface area contributed by atoms with Gasteiger partial charge in [-0.15, -0.1) is 0 Å². The average Bonchev–Trinajstić information content (AvgIpc) is 3.35. The van der Waals surface area contributed by atoms with Crippen LogP contribution >= 0.6 is 11.6 Å². The Morgan fingerprint density at radius 3 is 2.20 bits per heavy atom. The van der Waals surface area contributed by atoms with Crippen molar-refractivity contribution in [3.8, 4) is 11.5 Å². The summed E-state index contributed by atoms with van der Waals surface area (Å²) in [7, 11) is 0. The Kier molecular flexibility index (Phi) is 12.3. The summed E-state index contributed by atoms with van der Waals surface area (Å²) in [5.41, 5.74) is 3.55. The van der Waals surface area contributed by atoms with Crippen LogP contribution in [0, 0.1) is 0 Å². The van der Waals surface area contributed by atoms with Crippen molar-refractivity contribution in [1.82, 2.24) is 15.0 Å². The zero-order valence-electron chi connectivity index (χ0n) is 21.6. The van der Waals surface area contributed by atoms with Gasteiger partial charge in [0.2, 0.25) is 0 Å². The van der Waals surface area contributed by atoms with Gasteiger partial charge < -0.3 is 4.52 Å². The summed E-state index contributed by atoms with van der Waals surface area (Å²) >= 11 is 6.12. The molecule has 0 unspecified atom stereocenters. The van der Waals surface area contributed by atoms with Gasteiger partial charge in [0.15, 0.2) is 5.82 Å². The fraction of sp³-hybridized carbons (Fsp3) is 0.533. The second-order valence-corrected chi connectivity index (χ2v) is 9.98. The number of aromatic nitrogens is 2. The minimum atomic E-state index is 0.621. The number of hydrogen-bond donors (Lipinski definition) is 0. The standard InChI is InChI=1S/C30H42ClN3O/c1-3-5-6-7-8-9-10-11-12-16-29-32-30(35-33-29)27-19-17-26(18-20-27)24-34(4-2)22-21-25-14-13-15-28(31)23-25/h13-15,17-20,23H,3-12,16,21-22,24H2,1-2H3. The van der Waals surface area contributed by atoms with Gasteiger partial charge in [0.1, 0.15) is 0 Å². The van der Waals surface area contributed by atoms with E-state index in [1.165, 1.54) is 62.5 Å². The first kappa shape index (κ1) is 27.4. The topological polar surface area (TPSA) is 42.2 Å². The lowest BCUT2D eigenvalue weighted by molar-refractivity contribution is 0.283. The van der Waals surface area contributed by atoms with Gasteiger partial charge in [0, 0.05) is 30.1 Å². The number of unbranched alkanes of at least 4 members (excludes halogenated alkanes) is 8. The van der Waals surface area contributed by atoms with Crippen molar-refractivity contribution in [2.45, 2.75) is 91.0 Å². The Hall–Kier alpha value is -2.17. The molecule has 35 heavy (non-hydrogen) atoms. The van der Waals surface area contributed by atoms with Crippen molar-refractivity contribution < 1.29 is 4.52 Å². The first-order chi connectivity index (χ1) is 17.2. The maximum absolute atomic E-state index is 6.12. The molecule has 0 fully saturated rings. The number of hydrogen-bond acceptors (Lipinski definition) is 4. The number of aryl methyl sites for hydroxylation is 1. The quantitative estimate of drug-likeness (QED) is 0.176. The van der Waals surface area contributed by atoms with E-state index in [0.717, 1.165) is 55.3 Å². The van der Waals surface area contributed by atoms with Gasteiger partial charge in [-0.3, -0.25) is 4.90 Å². The van der Waals surface area contributed by atoms with Gasteiger partial charge in [-0.2, -0.15) is 4.98 Å². The summed E-state index contributed by atoms with van der Waals surface area (Å²) < 4.78 is 5.54. The first-order valence-corrected chi connectivity index (χ1v) is 13.9. The van der Waals surface area contributed by atoms with Gasteiger partial charge >= 0.3 is 0 Å². The molecular weight excluding hydrogens is 454 g/mol. The van der Waals surface area contributed by atoms with E-state index in [0.29, 0.717) is 5.89 Å². The van der Waals surface area contributed by atoms with Gasteiger partial charge in [-0.1, -0.05) is 106 Å². The van der Waals surface area contributed by atoms with Crippen molar-refractivity contribution in [2.75, 3.05) is 13.1 Å². The minimum absolute atomic E-state index is 0.621. The number of benzene rings is 2. The van der Waals surface area contributed by atoms with Gasteiger partial charge in [0.25, 0.3) is 5.89 Å². The van der Waals surface area contributed by atoms with E-state index in [1.807, 2.05) is 12.1 Å². The van der Waals surface area contributed by atoms with Gasteiger partial charge in [-0.05, 0) is 54.8 Å². The molecule has 0 saturated heterocycles. The second kappa shape index (κ2) is 15.7. The molecule has 0 radical (unpaired) electrons. The van der Waals surface area contributed by atoms with E-state index in [-0.39, 0.29) is 0 Å². The summed E-state index contributed by atoms with van der Waals surface area (Å²) in [5, 5.41) is 5.00. The van der Waals surface area contributed by atoms with Crippen LogP contribution in [0.2, 0.25) is 5.02 Å². The molecule has 2 aromatic carbocycles. The molecule has 1 aromatic heterocycles. The van der Waals surface area contributed by atoms with Crippen LogP contribution in [0.5, 0.6) is 0 Å². The van der Waals surface area contributed by atoms with Crippen LogP contribution in [0.25, 0.3) is 11.5 Å². The predicted octanol–water partition coefficient (Wildman–Crippen LogP) is 8.53. The molecular formula is C30H42ClN3O. The molecule has 0 N–H and O–H groups in total. The minimum Gasteiger partial charge on any atom is -0.334 e. The maximum Gasteiger partial charge on any atom is 0.257 e. The summed E-state index contributed by atoms with van der Waals surface area (Å²) in [6.45, 7) is 7.41. The van der Waals surface area contributed by atoms with Crippen LogP contribution in [-0.2, 0) is 19.4 Å². The van der Waals surface area contributed by atoms with E-state index in [2.05, 4.69) is 65.3 Å². The molecule has 3 rings (SSSR count).